The first-order chi connectivity index (χ1) is 12.6. The van der Waals surface area contributed by atoms with Gasteiger partial charge in [0.05, 0.1) is 14.2 Å². The molecule has 1 heterocycles. The van der Waals surface area contributed by atoms with Crippen LogP contribution in [-0.2, 0) is 19.1 Å². The highest BCUT2D eigenvalue weighted by Gasteiger charge is 2.36. The number of benzene rings is 2. The Kier molecular flexibility index (Phi) is 4.75. The molecule has 1 aliphatic heterocycles. The van der Waals surface area contributed by atoms with Gasteiger partial charge in [0.1, 0.15) is 16.9 Å². The maximum atomic E-state index is 12.3. The summed E-state index contributed by atoms with van der Waals surface area (Å²) in [5.41, 5.74) is 0.854. The third kappa shape index (κ3) is 3.04. The molecule has 0 radical (unpaired) electrons. The summed E-state index contributed by atoms with van der Waals surface area (Å²) in [5, 5.41) is 10.6. The molecule has 0 fully saturated rings. The minimum absolute atomic E-state index is 0.0255. The van der Waals surface area contributed by atoms with Crippen LogP contribution in [0.1, 0.15) is 11.1 Å². The van der Waals surface area contributed by atoms with Gasteiger partial charge in [0.2, 0.25) is 0 Å². The monoisotopic (exact) mass is 352 g/mol. The van der Waals surface area contributed by atoms with Crippen molar-refractivity contribution in [2.24, 2.45) is 0 Å². The Balaban J connectivity index is 2.17. The second kappa shape index (κ2) is 7.14. The highest BCUT2D eigenvalue weighted by molar-refractivity contribution is 6.25. The fourth-order valence-corrected chi connectivity index (χ4v) is 2.63. The number of ether oxygens (including phenoxy) is 3. The lowest BCUT2D eigenvalue weighted by molar-refractivity contribution is -0.134. The predicted octanol–water partition coefficient (Wildman–Crippen LogP) is 3.11. The van der Waals surface area contributed by atoms with E-state index in [-0.39, 0.29) is 16.9 Å². The van der Waals surface area contributed by atoms with Gasteiger partial charge in [-0.05, 0) is 23.3 Å². The molecule has 6 heteroatoms. The zero-order valence-corrected chi connectivity index (χ0v) is 14.2. The summed E-state index contributed by atoms with van der Waals surface area (Å²) in [7, 11) is 2.74. The molecule has 1 N–H and O–H groups in total. The van der Waals surface area contributed by atoms with Crippen molar-refractivity contribution >= 4 is 23.1 Å². The fraction of sp³-hybridized carbons (Fsp3) is 0.100. The molecular formula is C20H16O6. The number of cyclic esters (lactones) is 1. The van der Waals surface area contributed by atoms with Crippen LogP contribution in [0.4, 0.5) is 0 Å². The third-order valence-electron chi connectivity index (χ3n) is 3.91. The second-order valence-electron chi connectivity index (χ2n) is 5.40. The molecule has 0 atom stereocenters. The van der Waals surface area contributed by atoms with Crippen molar-refractivity contribution in [3.05, 3.63) is 77.2 Å². The van der Waals surface area contributed by atoms with E-state index in [4.69, 9.17) is 14.2 Å². The Bertz CT molecular complexity index is 907. The van der Waals surface area contributed by atoms with Crippen LogP contribution in [0.5, 0.6) is 5.75 Å². The van der Waals surface area contributed by atoms with Crippen molar-refractivity contribution in [1.29, 1.82) is 0 Å². The van der Waals surface area contributed by atoms with Gasteiger partial charge in [-0.25, -0.2) is 9.59 Å². The van der Waals surface area contributed by atoms with Gasteiger partial charge in [0, 0.05) is 0 Å². The number of aliphatic hydroxyl groups excluding tert-OH is 1. The van der Waals surface area contributed by atoms with Crippen molar-refractivity contribution in [3.8, 4) is 5.75 Å². The number of esters is 2. The average molecular weight is 352 g/mol. The zero-order chi connectivity index (χ0) is 18.7. The summed E-state index contributed by atoms with van der Waals surface area (Å²) < 4.78 is 15.1. The van der Waals surface area contributed by atoms with Gasteiger partial charge in [-0.1, -0.05) is 42.5 Å². The molecule has 3 rings (SSSR count). The first kappa shape index (κ1) is 17.3. The van der Waals surface area contributed by atoms with Crippen molar-refractivity contribution in [1.82, 2.24) is 0 Å². The molecule has 0 bridgehead atoms. The van der Waals surface area contributed by atoms with Gasteiger partial charge >= 0.3 is 11.9 Å². The molecule has 132 valence electrons. The van der Waals surface area contributed by atoms with E-state index in [1.807, 2.05) is 0 Å². The van der Waals surface area contributed by atoms with Crippen LogP contribution in [0, 0.1) is 0 Å². The number of rotatable bonds is 4. The Morgan fingerprint density at radius 3 is 2.23 bits per heavy atom. The van der Waals surface area contributed by atoms with Crippen LogP contribution < -0.4 is 4.74 Å². The highest BCUT2D eigenvalue weighted by atomic mass is 16.6. The zero-order valence-electron chi connectivity index (χ0n) is 14.2. The number of hydrogen-bond acceptors (Lipinski definition) is 6. The van der Waals surface area contributed by atoms with E-state index in [9.17, 15) is 14.7 Å². The van der Waals surface area contributed by atoms with E-state index in [1.165, 1.54) is 14.2 Å². The Hall–Kier alpha value is -3.54. The molecule has 0 aromatic heterocycles. The van der Waals surface area contributed by atoms with Gasteiger partial charge < -0.3 is 19.3 Å². The molecule has 0 unspecified atom stereocenters. The molecule has 2 aromatic rings. The number of aliphatic hydroxyl groups is 1. The molecule has 0 saturated carbocycles. The van der Waals surface area contributed by atoms with E-state index in [1.54, 1.807) is 54.6 Å². The van der Waals surface area contributed by atoms with Gasteiger partial charge in [-0.3, -0.25) is 0 Å². The largest absolute Gasteiger partial charge is 0.504 e. The number of carbonyl (C=O) groups excluding carboxylic acids is 2. The van der Waals surface area contributed by atoms with Gasteiger partial charge in [0.25, 0.3) is 0 Å². The lowest BCUT2D eigenvalue weighted by atomic mass is 10.0. The number of carbonyl (C=O) groups is 2. The number of methoxy groups -OCH3 is 2. The summed E-state index contributed by atoms with van der Waals surface area (Å²) in [5.74, 6) is -1.50. The predicted molar refractivity (Wildman–Crippen MR) is 94.0 cm³/mol. The van der Waals surface area contributed by atoms with E-state index in [0.29, 0.717) is 16.9 Å². The molecule has 6 nitrogen and oxygen atoms in total. The van der Waals surface area contributed by atoms with Crippen LogP contribution in [0.25, 0.3) is 11.1 Å². The third-order valence-corrected chi connectivity index (χ3v) is 3.91. The second-order valence-corrected chi connectivity index (χ2v) is 5.40. The molecule has 1 aliphatic rings. The summed E-state index contributed by atoms with van der Waals surface area (Å²) >= 11 is 0. The minimum atomic E-state index is -0.750. The van der Waals surface area contributed by atoms with Crippen LogP contribution >= 0.6 is 0 Å². The Morgan fingerprint density at radius 2 is 1.65 bits per heavy atom. The maximum Gasteiger partial charge on any atom is 0.348 e. The van der Waals surface area contributed by atoms with E-state index in [0.717, 1.165) is 0 Å². The lowest BCUT2D eigenvalue weighted by Crippen LogP contribution is -2.09. The average Bonchev–Trinajstić information content (AvgIpc) is 2.96. The molecule has 0 spiro atoms. The van der Waals surface area contributed by atoms with Crippen molar-refractivity contribution in [2.45, 2.75) is 0 Å². The van der Waals surface area contributed by atoms with Crippen LogP contribution in [0.15, 0.2) is 66.1 Å². The summed E-state index contributed by atoms with van der Waals surface area (Å²) in [4.78, 5) is 24.6. The van der Waals surface area contributed by atoms with Crippen molar-refractivity contribution in [3.63, 3.8) is 0 Å². The Labute approximate surface area is 149 Å². The van der Waals surface area contributed by atoms with Crippen molar-refractivity contribution < 1.29 is 28.9 Å². The molecule has 0 saturated heterocycles. The standard InChI is InChI=1S/C20H16O6/c1-24-14-10-8-13(9-11-14)15-17(21)18(26-20(15)23)16(19(22)25-2)12-6-4-3-5-7-12/h3-11,21H,1-2H3/b18-16+. The topological polar surface area (TPSA) is 82.1 Å². The smallest absolute Gasteiger partial charge is 0.348 e. The maximum absolute atomic E-state index is 12.3. The van der Waals surface area contributed by atoms with Gasteiger partial charge in [0.15, 0.2) is 11.5 Å². The fourth-order valence-electron chi connectivity index (χ4n) is 2.63. The van der Waals surface area contributed by atoms with Crippen LogP contribution in [0.3, 0.4) is 0 Å². The number of hydrogen-bond donors (Lipinski definition) is 1. The summed E-state index contributed by atoms with van der Waals surface area (Å²) in [6.07, 6.45) is 0. The van der Waals surface area contributed by atoms with Gasteiger partial charge in [-0.15, -0.1) is 0 Å². The van der Waals surface area contributed by atoms with E-state index < -0.39 is 17.7 Å². The van der Waals surface area contributed by atoms with E-state index >= 15 is 0 Å². The van der Waals surface area contributed by atoms with Crippen LogP contribution in [0.2, 0.25) is 0 Å². The summed E-state index contributed by atoms with van der Waals surface area (Å²) in [6, 6.07) is 15.1. The van der Waals surface area contributed by atoms with Gasteiger partial charge in [-0.2, -0.15) is 0 Å². The molecule has 0 aliphatic carbocycles. The molecular weight excluding hydrogens is 336 g/mol. The Morgan fingerprint density at radius 1 is 1.00 bits per heavy atom. The molecule has 26 heavy (non-hydrogen) atoms. The molecule has 2 aromatic carbocycles. The van der Waals surface area contributed by atoms with E-state index in [2.05, 4.69) is 0 Å². The molecule has 0 amide bonds. The normalized spacial score (nSPS) is 15.5. The quantitative estimate of drug-likeness (QED) is 0.673. The highest BCUT2D eigenvalue weighted by Crippen LogP contribution is 2.36. The SMILES string of the molecule is COC(=O)/C(=C1/OC(=O)C(c2ccc(OC)cc2)=C1O)c1ccccc1. The lowest BCUT2D eigenvalue weighted by Gasteiger charge is -2.09. The first-order valence-electron chi connectivity index (χ1n) is 7.75. The first-order valence-corrected chi connectivity index (χ1v) is 7.75. The van der Waals surface area contributed by atoms with Crippen LogP contribution in [-0.4, -0.2) is 31.3 Å². The minimum Gasteiger partial charge on any atom is -0.504 e. The summed E-state index contributed by atoms with van der Waals surface area (Å²) in [6.45, 7) is 0. The van der Waals surface area contributed by atoms with Crippen molar-refractivity contribution in [2.75, 3.05) is 14.2 Å².